The molecule has 2 heterocycles. The van der Waals surface area contributed by atoms with Crippen LogP contribution in [-0.4, -0.2) is 20.0 Å². The van der Waals surface area contributed by atoms with Crippen LogP contribution in [0.4, 0.5) is 17.2 Å². The third kappa shape index (κ3) is 5.93. The van der Waals surface area contributed by atoms with Crippen LogP contribution in [0.5, 0.6) is 0 Å². The number of pyridine rings is 1. The number of nitrogens with one attached hydrogen (secondary N) is 2. The van der Waals surface area contributed by atoms with Crippen molar-refractivity contribution in [2.24, 2.45) is 7.05 Å². The molecular formula is C34H33N5O3. The summed E-state index contributed by atoms with van der Waals surface area (Å²) in [7, 11) is 1.68. The normalized spacial score (nSPS) is 11.3. The van der Waals surface area contributed by atoms with Crippen molar-refractivity contribution < 1.29 is 4.79 Å². The first-order chi connectivity index (χ1) is 20.0. The monoisotopic (exact) mass is 559 g/mol. The summed E-state index contributed by atoms with van der Waals surface area (Å²) in [5.74, 6) is 0.00110. The van der Waals surface area contributed by atoms with E-state index in [0.29, 0.717) is 22.6 Å². The van der Waals surface area contributed by atoms with Gasteiger partial charge in [0, 0.05) is 66.0 Å². The van der Waals surface area contributed by atoms with Crippen molar-refractivity contribution in [1.29, 1.82) is 0 Å². The first-order valence-corrected chi connectivity index (χ1v) is 13.7. The van der Waals surface area contributed by atoms with Crippen LogP contribution >= 0.6 is 0 Å². The summed E-state index contributed by atoms with van der Waals surface area (Å²) in [6.07, 6.45) is 5.09. The zero-order valence-corrected chi connectivity index (χ0v) is 24.3. The van der Waals surface area contributed by atoms with Gasteiger partial charge in [-0.3, -0.25) is 14.4 Å². The summed E-state index contributed by atoms with van der Waals surface area (Å²) in [6.45, 7) is 8.19. The number of nitrogens with zero attached hydrogens (tertiary/aromatic N) is 3. The van der Waals surface area contributed by atoms with Crippen molar-refractivity contribution >= 4 is 23.1 Å². The van der Waals surface area contributed by atoms with Crippen molar-refractivity contribution in [3.8, 4) is 16.9 Å². The van der Waals surface area contributed by atoms with E-state index < -0.39 is 0 Å². The smallest absolute Gasteiger partial charge is 0.293 e. The Kier molecular flexibility index (Phi) is 7.63. The molecule has 0 bridgehead atoms. The summed E-state index contributed by atoms with van der Waals surface area (Å²) in [5.41, 5.74) is 5.54. The molecule has 3 aromatic carbocycles. The largest absolute Gasteiger partial charge is 0.336 e. The fraction of sp³-hybridized carbons (Fsp3) is 0.176. The Morgan fingerprint density at radius 2 is 1.55 bits per heavy atom. The Morgan fingerprint density at radius 1 is 0.857 bits per heavy atom. The second-order valence-corrected chi connectivity index (χ2v) is 11.2. The van der Waals surface area contributed by atoms with E-state index >= 15 is 0 Å². The number of hydrogen-bond donors (Lipinski definition) is 2. The topological polar surface area (TPSA) is 98.0 Å². The number of carbonyl (C=O) groups excluding carboxylic acids is 1. The van der Waals surface area contributed by atoms with Crippen LogP contribution in [0.3, 0.4) is 0 Å². The Balaban J connectivity index is 1.43. The summed E-state index contributed by atoms with van der Waals surface area (Å²) in [5, 5.41) is 6.23. The Bertz CT molecular complexity index is 1880. The number of anilines is 3. The predicted molar refractivity (Wildman–Crippen MR) is 168 cm³/mol. The zero-order valence-electron chi connectivity index (χ0n) is 24.3. The molecule has 8 heteroatoms. The van der Waals surface area contributed by atoms with Crippen LogP contribution in [-0.2, 0) is 12.5 Å². The third-order valence-corrected chi connectivity index (χ3v) is 7.14. The highest BCUT2D eigenvalue weighted by atomic mass is 16.2. The molecule has 0 radical (unpaired) electrons. The van der Waals surface area contributed by atoms with Gasteiger partial charge in [0.25, 0.3) is 11.5 Å². The molecule has 0 atom stereocenters. The van der Waals surface area contributed by atoms with Crippen molar-refractivity contribution in [2.75, 3.05) is 10.6 Å². The first kappa shape index (κ1) is 28.3. The summed E-state index contributed by atoms with van der Waals surface area (Å²) < 4.78 is 3.32. The van der Waals surface area contributed by atoms with Gasteiger partial charge < -0.3 is 19.8 Å². The van der Waals surface area contributed by atoms with E-state index in [1.165, 1.54) is 16.7 Å². The van der Waals surface area contributed by atoms with Crippen LogP contribution in [0, 0.1) is 6.92 Å². The number of benzene rings is 3. The number of carbonyl (C=O) groups is 1. The summed E-state index contributed by atoms with van der Waals surface area (Å²) >= 11 is 0. The standard InChI is InChI=1S/C34H33N5O3/c1-22-26(10-8-12-29(22)37-32(41)27-9-6-7-11-28(27)34(2,3)4)30-21-38(5)33(42)31(36-30)35-23-13-15-24(16-14-23)39-19-17-25(40)18-20-39/h6-21H,1-5H3,(H,35,36)(H,37,41). The Labute approximate surface area is 244 Å². The lowest BCUT2D eigenvalue weighted by atomic mass is 9.83. The van der Waals surface area contributed by atoms with Gasteiger partial charge in [-0.05, 0) is 59.9 Å². The zero-order chi connectivity index (χ0) is 30.0. The van der Waals surface area contributed by atoms with E-state index in [4.69, 9.17) is 0 Å². The minimum atomic E-state index is -0.274. The van der Waals surface area contributed by atoms with Crippen LogP contribution in [0.1, 0.15) is 42.3 Å². The van der Waals surface area contributed by atoms with Crippen molar-refractivity contribution in [1.82, 2.24) is 14.1 Å². The van der Waals surface area contributed by atoms with Crippen molar-refractivity contribution in [2.45, 2.75) is 33.1 Å². The van der Waals surface area contributed by atoms with Crippen LogP contribution < -0.4 is 21.6 Å². The molecule has 2 aromatic heterocycles. The molecule has 8 nitrogen and oxygen atoms in total. The van der Waals surface area contributed by atoms with E-state index in [1.54, 1.807) is 25.6 Å². The molecule has 0 fully saturated rings. The van der Waals surface area contributed by atoms with E-state index in [0.717, 1.165) is 22.4 Å². The molecule has 5 rings (SSSR count). The molecule has 0 saturated heterocycles. The average Bonchev–Trinajstić information content (AvgIpc) is 2.97. The van der Waals surface area contributed by atoms with Gasteiger partial charge in [0.2, 0.25) is 0 Å². The molecule has 212 valence electrons. The van der Waals surface area contributed by atoms with Gasteiger partial charge in [-0.1, -0.05) is 51.1 Å². The maximum absolute atomic E-state index is 13.4. The highest BCUT2D eigenvalue weighted by molar-refractivity contribution is 6.06. The van der Waals surface area contributed by atoms with Crippen molar-refractivity contribution in [3.05, 3.63) is 135 Å². The highest BCUT2D eigenvalue weighted by Gasteiger charge is 2.22. The predicted octanol–water partition coefficient (Wildman–Crippen LogP) is 6.20. The lowest BCUT2D eigenvalue weighted by molar-refractivity contribution is 0.102. The van der Waals surface area contributed by atoms with Gasteiger partial charge in [-0.2, -0.15) is 0 Å². The fourth-order valence-electron chi connectivity index (χ4n) is 4.83. The maximum Gasteiger partial charge on any atom is 0.293 e. The van der Waals surface area contributed by atoms with E-state index in [1.807, 2.05) is 78.2 Å². The van der Waals surface area contributed by atoms with E-state index in [2.05, 4.69) is 36.4 Å². The van der Waals surface area contributed by atoms with E-state index in [-0.39, 0.29) is 28.1 Å². The second kappa shape index (κ2) is 11.3. The molecule has 0 saturated carbocycles. The van der Waals surface area contributed by atoms with Crippen molar-refractivity contribution in [3.63, 3.8) is 0 Å². The number of amides is 1. The quantitative estimate of drug-likeness (QED) is 0.258. The van der Waals surface area contributed by atoms with Gasteiger partial charge in [0.05, 0.1) is 5.69 Å². The maximum atomic E-state index is 13.4. The number of hydrogen-bond acceptors (Lipinski definition) is 5. The van der Waals surface area contributed by atoms with Gasteiger partial charge in [0.15, 0.2) is 11.2 Å². The van der Waals surface area contributed by atoms with Gasteiger partial charge in [-0.15, -0.1) is 0 Å². The third-order valence-electron chi connectivity index (χ3n) is 7.14. The molecular weight excluding hydrogens is 526 g/mol. The molecule has 1 amide bonds. The molecule has 0 unspecified atom stereocenters. The van der Waals surface area contributed by atoms with Crippen LogP contribution in [0.2, 0.25) is 0 Å². The number of aromatic nitrogens is 3. The Morgan fingerprint density at radius 3 is 2.24 bits per heavy atom. The highest BCUT2D eigenvalue weighted by Crippen LogP contribution is 2.30. The molecule has 2 N–H and O–H groups in total. The SMILES string of the molecule is Cc1c(NC(=O)c2ccccc2C(C)(C)C)cccc1-c1cn(C)c(=O)c(Nc2ccc(-n3ccc(=O)cc3)cc2)n1. The second-order valence-electron chi connectivity index (χ2n) is 11.2. The minimum absolute atomic E-state index is 0.0552. The summed E-state index contributed by atoms with van der Waals surface area (Å²) in [6, 6.07) is 23.7. The van der Waals surface area contributed by atoms with Gasteiger partial charge >= 0.3 is 0 Å². The molecule has 42 heavy (non-hydrogen) atoms. The minimum Gasteiger partial charge on any atom is -0.336 e. The van der Waals surface area contributed by atoms with Crippen LogP contribution in [0.15, 0.2) is 107 Å². The fourth-order valence-corrected chi connectivity index (χ4v) is 4.83. The molecule has 0 aliphatic carbocycles. The molecule has 0 aliphatic rings. The lowest BCUT2D eigenvalue weighted by Gasteiger charge is -2.22. The molecule has 0 spiro atoms. The molecule has 0 aliphatic heterocycles. The molecule has 5 aromatic rings. The number of aryl methyl sites for hydroxylation is 1. The average molecular weight is 560 g/mol. The lowest BCUT2D eigenvalue weighted by Crippen LogP contribution is -2.22. The number of rotatable bonds is 6. The summed E-state index contributed by atoms with van der Waals surface area (Å²) in [4.78, 5) is 42.4. The Hall–Kier alpha value is -5.24. The van der Waals surface area contributed by atoms with Gasteiger partial charge in [-0.25, -0.2) is 4.98 Å². The van der Waals surface area contributed by atoms with Crippen LogP contribution in [0.25, 0.3) is 16.9 Å². The first-order valence-electron chi connectivity index (χ1n) is 13.7. The van der Waals surface area contributed by atoms with E-state index in [9.17, 15) is 14.4 Å². The van der Waals surface area contributed by atoms with Gasteiger partial charge in [0.1, 0.15) is 0 Å².